The summed E-state index contributed by atoms with van der Waals surface area (Å²) < 4.78 is 15.7. The van der Waals surface area contributed by atoms with Crippen molar-refractivity contribution in [2.45, 2.75) is 33.7 Å². The van der Waals surface area contributed by atoms with E-state index in [9.17, 15) is 4.39 Å². The van der Waals surface area contributed by atoms with Crippen LogP contribution in [0.1, 0.15) is 32.8 Å². The summed E-state index contributed by atoms with van der Waals surface area (Å²) >= 11 is 3.80. The van der Waals surface area contributed by atoms with Crippen LogP contribution in [0.2, 0.25) is 0 Å². The number of nitrogens with one attached hydrogen (secondary N) is 2. The van der Waals surface area contributed by atoms with Crippen molar-refractivity contribution in [3.63, 3.8) is 0 Å². The first-order chi connectivity index (χ1) is 14.5. The standard InChI is InChI=1S/C23H29BrFN5/c1-4-16(3)12-18(24)23(30-10-8-26-9-11-30)20(5-2)29-15-17-13-21-22(14-19(17)25)28-7-6-27-21/h5-7,12-14,26,29H,4,8-11,15H2,1-3H3/b16-12+,20-5+,23-18-. The zero-order valence-corrected chi connectivity index (χ0v) is 19.4. The van der Waals surface area contributed by atoms with Crippen LogP contribution in [0.25, 0.3) is 11.0 Å². The molecule has 1 fully saturated rings. The fraction of sp³-hybridized carbons (Fsp3) is 0.391. The lowest BCUT2D eigenvalue weighted by molar-refractivity contribution is 0.300. The van der Waals surface area contributed by atoms with E-state index in [2.05, 4.69) is 61.4 Å². The highest BCUT2D eigenvalue weighted by molar-refractivity contribution is 9.11. The SMILES string of the molecule is C\C=C(NCc1cc2nccnc2cc1F)/C(=C(Br)\C=C(/C)CC)N1CCNCC1. The molecular weight excluding hydrogens is 445 g/mol. The molecule has 1 aliphatic heterocycles. The van der Waals surface area contributed by atoms with Gasteiger partial charge in [-0.3, -0.25) is 9.97 Å². The van der Waals surface area contributed by atoms with Crippen LogP contribution < -0.4 is 10.6 Å². The Balaban J connectivity index is 1.89. The van der Waals surface area contributed by atoms with E-state index in [1.165, 1.54) is 11.6 Å². The quantitative estimate of drug-likeness (QED) is 0.574. The van der Waals surface area contributed by atoms with Crippen LogP contribution in [0.3, 0.4) is 0 Å². The summed E-state index contributed by atoms with van der Waals surface area (Å²) in [5.74, 6) is -0.278. The van der Waals surface area contributed by atoms with Crippen LogP contribution in [0, 0.1) is 5.82 Å². The average Bonchev–Trinajstić information content (AvgIpc) is 2.76. The first kappa shape index (κ1) is 22.4. The zero-order chi connectivity index (χ0) is 21.5. The van der Waals surface area contributed by atoms with Crippen molar-refractivity contribution in [3.8, 4) is 0 Å². The Hall–Kier alpha value is -2.25. The fourth-order valence-corrected chi connectivity index (χ4v) is 4.26. The largest absolute Gasteiger partial charge is 0.379 e. The Morgan fingerprint density at radius 1 is 1.23 bits per heavy atom. The third-order valence-corrected chi connectivity index (χ3v) is 5.85. The molecule has 0 saturated carbocycles. The van der Waals surface area contributed by atoms with Gasteiger partial charge in [0, 0.05) is 61.2 Å². The molecule has 3 rings (SSSR count). The number of allylic oxidation sites excluding steroid dienone is 4. The second kappa shape index (κ2) is 10.7. The average molecular weight is 474 g/mol. The second-order valence-electron chi connectivity index (χ2n) is 7.32. The molecular formula is C23H29BrFN5. The number of fused-ring (bicyclic) bond motifs is 1. The third kappa shape index (κ3) is 5.46. The summed E-state index contributed by atoms with van der Waals surface area (Å²) in [6, 6.07) is 3.22. The van der Waals surface area contributed by atoms with Gasteiger partial charge < -0.3 is 15.5 Å². The van der Waals surface area contributed by atoms with Crippen molar-refractivity contribution in [1.82, 2.24) is 25.5 Å². The summed E-state index contributed by atoms with van der Waals surface area (Å²) in [5, 5.41) is 6.86. The molecule has 1 saturated heterocycles. The zero-order valence-electron chi connectivity index (χ0n) is 17.8. The number of benzene rings is 1. The van der Waals surface area contributed by atoms with Gasteiger partial charge in [-0.2, -0.15) is 0 Å². The van der Waals surface area contributed by atoms with Crippen LogP contribution in [0.5, 0.6) is 0 Å². The molecule has 2 heterocycles. The molecule has 1 aromatic heterocycles. The van der Waals surface area contributed by atoms with E-state index in [4.69, 9.17) is 0 Å². The lowest BCUT2D eigenvalue weighted by Crippen LogP contribution is -2.44. The van der Waals surface area contributed by atoms with Gasteiger partial charge in [-0.25, -0.2) is 4.39 Å². The molecule has 0 atom stereocenters. The summed E-state index contributed by atoms with van der Waals surface area (Å²) in [5.41, 5.74) is 5.20. The van der Waals surface area contributed by atoms with Crippen molar-refractivity contribution in [3.05, 3.63) is 69.5 Å². The Morgan fingerprint density at radius 3 is 2.53 bits per heavy atom. The second-order valence-corrected chi connectivity index (χ2v) is 8.18. The molecule has 2 N–H and O–H groups in total. The Kier molecular flexibility index (Phi) is 7.99. The molecule has 0 amide bonds. The van der Waals surface area contributed by atoms with Crippen LogP contribution in [0.15, 0.2) is 58.1 Å². The minimum atomic E-state index is -0.278. The lowest BCUT2D eigenvalue weighted by Gasteiger charge is -2.34. The van der Waals surface area contributed by atoms with Gasteiger partial charge in [0.15, 0.2) is 0 Å². The van der Waals surface area contributed by atoms with Gasteiger partial charge in [-0.15, -0.1) is 0 Å². The van der Waals surface area contributed by atoms with E-state index >= 15 is 0 Å². The van der Waals surface area contributed by atoms with Crippen molar-refractivity contribution in [2.24, 2.45) is 0 Å². The van der Waals surface area contributed by atoms with Crippen molar-refractivity contribution < 1.29 is 4.39 Å². The number of halogens is 2. The summed E-state index contributed by atoms with van der Waals surface area (Å²) in [6.07, 6.45) is 8.41. The number of hydrogen-bond acceptors (Lipinski definition) is 5. The maximum absolute atomic E-state index is 14.6. The first-order valence-electron chi connectivity index (χ1n) is 10.4. The molecule has 0 spiro atoms. The Morgan fingerprint density at radius 2 is 1.90 bits per heavy atom. The smallest absolute Gasteiger partial charge is 0.130 e. The minimum absolute atomic E-state index is 0.278. The summed E-state index contributed by atoms with van der Waals surface area (Å²) in [6.45, 7) is 10.4. The van der Waals surface area contributed by atoms with Crippen molar-refractivity contribution >= 4 is 27.0 Å². The molecule has 2 aromatic rings. The molecule has 1 aliphatic rings. The van der Waals surface area contributed by atoms with Crippen molar-refractivity contribution in [2.75, 3.05) is 26.2 Å². The normalized spacial score (nSPS) is 16.6. The number of rotatable bonds is 7. The lowest BCUT2D eigenvalue weighted by atomic mass is 10.1. The molecule has 0 aliphatic carbocycles. The fourth-order valence-electron chi connectivity index (χ4n) is 3.40. The van der Waals surface area contributed by atoms with Crippen molar-refractivity contribution in [1.29, 1.82) is 0 Å². The molecule has 0 bridgehead atoms. The molecule has 7 heteroatoms. The van der Waals surface area contributed by atoms with Crippen LogP contribution in [-0.2, 0) is 6.54 Å². The highest BCUT2D eigenvalue weighted by Crippen LogP contribution is 2.26. The van der Waals surface area contributed by atoms with E-state index in [0.29, 0.717) is 23.1 Å². The predicted octanol–water partition coefficient (Wildman–Crippen LogP) is 4.63. The number of hydrogen-bond donors (Lipinski definition) is 2. The van der Waals surface area contributed by atoms with Crippen LogP contribution >= 0.6 is 15.9 Å². The Labute approximate surface area is 186 Å². The van der Waals surface area contributed by atoms with Gasteiger partial charge >= 0.3 is 0 Å². The molecule has 5 nitrogen and oxygen atoms in total. The molecule has 0 radical (unpaired) electrons. The molecule has 1 aromatic carbocycles. The van der Waals surface area contributed by atoms with Gasteiger partial charge in [-0.05, 0) is 48.3 Å². The van der Waals surface area contributed by atoms with Gasteiger partial charge in [0.25, 0.3) is 0 Å². The number of piperazine rings is 1. The van der Waals surface area contributed by atoms with Gasteiger partial charge in [0.1, 0.15) is 5.82 Å². The molecule has 30 heavy (non-hydrogen) atoms. The van der Waals surface area contributed by atoms with Gasteiger partial charge in [0.05, 0.1) is 22.4 Å². The van der Waals surface area contributed by atoms with E-state index in [0.717, 1.165) is 48.5 Å². The van der Waals surface area contributed by atoms with E-state index in [-0.39, 0.29) is 5.82 Å². The highest BCUT2D eigenvalue weighted by Gasteiger charge is 2.19. The third-order valence-electron chi connectivity index (χ3n) is 5.24. The summed E-state index contributed by atoms with van der Waals surface area (Å²) in [7, 11) is 0. The number of aromatic nitrogens is 2. The van der Waals surface area contributed by atoms with Gasteiger partial charge in [0.2, 0.25) is 0 Å². The maximum Gasteiger partial charge on any atom is 0.130 e. The van der Waals surface area contributed by atoms with E-state index in [1.807, 2.05) is 13.0 Å². The predicted molar refractivity (Wildman–Crippen MR) is 125 cm³/mol. The molecule has 0 unspecified atom stereocenters. The topological polar surface area (TPSA) is 53.1 Å². The van der Waals surface area contributed by atoms with Crippen LogP contribution in [0.4, 0.5) is 4.39 Å². The number of nitrogens with zero attached hydrogens (tertiary/aromatic N) is 3. The molecule has 160 valence electrons. The highest BCUT2D eigenvalue weighted by atomic mass is 79.9. The first-order valence-corrected chi connectivity index (χ1v) is 11.1. The van der Waals surface area contributed by atoms with E-state index in [1.54, 1.807) is 18.5 Å². The minimum Gasteiger partial charge on any atom is -0.379 e. The van der Waals surface area contributed by atoms with Gasteiger partial charge in [-0.1, -0.05) is 18.6 Å². The monoisotopic (exact) mass is 473 g/mol. The Bertz CT molecular complexity index is 977. The van der Waals surface area contributed by atoms with Crippen LogP contribution in [-0.4, -0.2) is 41.0 Å². The summed E-state index contributed by atoms with van der Waals surface area (Å²) in [4.78, 5) is 10.8. The van der Waals surface area contributed by atoms with E-state index < -0.39 is 0 Å². The maximum atomic E-state index is 14.6.